The summed E-state index contributed by atoms with van der Waals surface area (Å²) in [7, 11) is 1.79. The molecule has 1 aromatic rings. The number of aromatic carboxylic acids is 1. The molecule has 4 nitrogen and oxygen atoms in total. The van der Waals surface area contributed by atoms with Gasteiger partial charge in [-0.25, -0.2) is 9.18 Å². The molecule has 2 rings (SSSR count). The molecule has 1 aliphatic carbocycles. The zero-order chi connectivity index (χ0) is 14.9. The highest BCUT2D eigenvalue weighted by atomic mass is 19.1. The number of benzene rings is 1. The number of carboxylic acid groups (broad SMARTS) is 1. The zero-order valence-electron chi connectivity index (χ0n) is 11.6. The first kappa shape index (κ1) is 14.2. The van der Waals surface area contributed by atoms with Gasteiger partial charge in [0.25, 0.3) is 0 Å². The lowest BCUT2D eigenvalue weighted by atomic mass is 10.1. The molecule has 0 radical (unpaired) electrons. The van der Waals surface area contributed by atoms with Crippen LogP contribution in [0.1, 0.15) is 28.8 Å². The standard InChI is InChI=1S/C15H17FN2O2/c1-9-6-12(16)11(15(19)20)7-14(9)18(3)8-13(17-2)10-4-5-10/h6-8,10H,2,4-5H2,1,3H3,(H,19,20)/b13-8-. The molecule has 0 unspecified atom stereocenters. The van der Waals surface area contributed by atoms with Crippen LogP contribution in [0.2, 0.25) is 0 Å². The van der Waals surface area contributed by atoms with Gasteiger partial charge >= 0.3 is 5.97 Å². The van der Waals surface area contributed by atoms with Crippen molar-refractivity contribution in [1.82, 2.24) is 0 Å². The smallest absolute Gasteiger partial charge is 0.338 e. The van der Waals surface area contributed by atoms with Gasteiger partial charge in [0.2, 0.25) is 0 Å². The van der Waals surface area contributed by atoms with Gasteiger partial charge in [0.05, 0.1) is 11.3 Å². The zero-order valence-corrected chi connectivity index (χ0v) is 11.6. The van der Waals surface area contributed by atoms with E-state index >= 15 is 0 Å². The van der Waals surface area contributed by atoms with Crippen LogP contribution >= 0.6 is 0 Å². The number of carbonyl (C=O) groups is 1. The number of anilines is 1. The summed E-state index contributed by atoms with van der Waals surface area (Å²) in [6.07, 6.45) is 4.03. The Labute approximate surface area is 117 Å². The molecule has 0 atom stereocenters. The molecule has 106 valence electrons. The number of nitrogens with zero attached hydrogens (tertiary/aromatic N) is 2. The van der Waals surface area contributed by atoms with Crippen molar-refractivity contribution in [3.8, 4) is 0 Å². The Kier molecular flexibility index (Phi) is 3.88. The van der Waals surface area contributed by atoms with Gasteiger partial charge in [0.15, 0.2) is 0 Å². The highest BCUT2D eigenvalue weighted by Gasteiger charge is 2.26. The average molecular weight is 276 g/mol. The van der Waals surface area contributed by atoms with Crippen molar-refractivity contribution in [2.24, 2.45) is 10.9 Å². The summed E-state index contributed by atoms with van der Waals surface area (Å²) < 4.78 is 13.6. The lowest BCUT2D eigenvalue weighted by Crippen LogP contribution is -2.13. The van der Waals surface area contributed by atoms with Crippen molar-refractivity contribution in [1.29, 1.82) is 0 Å². The van der Waals surface area contributed by atoms with Crippen molar-refractivity contribution in [3.63, 3.8) is 0 Å². The SMILES string of the molecule is C=N/C(=C\N(C)c1cc(C(=O)O)c(F)cc1C)C1CC1. The molecule has 1 aromatic carbocycles. The van der Waals surface area contributed by atoms with Crippen molar-refractivity contribution >= 4 is 18.4 Å². The molecule has 1 aliphatic rings. The van der Waals surface area contributed by atoms with Gasteiger partial charge in [0, 0.05) is 24.9 Å². The van der Waals surface area contributed by atoms with Gasteiger partial charge in [-0.15, -0.1) is 0 Å². The van der Waals surface area contributed by atoms with Crippen molar-refractivity contribution in [3.05, 3.63) is 41.0 Å². The van der Waals surface area contributed by atoms with E-state index in [1.165, 1.54) is 12.1 Å². The van der Waals surface area contributed by atoms with E-state index in [1.807, 2.05) is 6.20 Å². The average Bonchev–Trinajstić information content (AvgIpc) is 3.19. The summed E-state index contributed by atoms with van der Waals surface area (Å²) in [6, 6.07) is 2.58. The highest BCUT2D eigenvalue weighted by Crippen LogP contribution is 2.37. The van der Waals surface area contributed by atoms with Gasteiger partial charge in [-0.1, -0.05) is 0 Å². The Morgan fingerprint density at radius 1 is 1.55 bits per heavy atom. The number of aryl methyl sites for hydroxylation is 1. The van der Waals surface area contributed by atoms with E-state index in [0.717, 1.165) is 18.5 Å². The summed E-state index contributed by atoms with van der Waals surface area (Å²) in [4.78, 5) is 16.8. The number of hydrogen-bond acceptors (Lipinski definition) is 3. The maximum absolute atomic E-state index is 13.6. The largest absolute Gasteiger partial charge is 0.478 e. The van der Waals surface area contributed by atoms with Crippen molar-refractivity contribution in [2.45, 2.75) is 19.8 Å². The molecule has 1 fully saturated rings. The molecule has 5 heteroatoms. The van der Waals surface area contributed by atoms with Crippen LogP contribution in [0.15, 0.2) is 29.0 Å². The van der Waals surface area contributed by atoms with Crippen LogP contribution in [-0.2, 0) is 0 Å². The van der Waals surface area contributed by atoms with Crippen LogP contribution < -0.4 is 4.90 Å². The first-order chi connectivity index (χ1) is 9.43. The normalized spacial score (nSPS) is 15.1. The molecule has 0 spiro atoms. The molecular weight excluding hydrogens is 259 g/mol. The summed E-state index contributed by atoms with van der Waals surface area (Å²) in [5, 5.41) is 8.99. The summed E-state index contributed by atoms with van der Waals surface area (Å²) >= 11 is 0. The Balaban J connectivity index is 2.38. The quantitative estimate of drug-likeness (QED) is 0.840. The van der Waals surface area contributed by atoms with Gasteiger partial charge in [-0.3, -0.25) is 4.99 Å². The second-order valence-corrected chi connectivity index (χ2v) is 5.02. The topological polar surface area (TPSA) is 52.9 Å². The Morgan fingerprint density at radius 2 is 2.20 bits per heavy atom. The van der Waals surface area contributed by atoms with Gasteiger partial charge in [0.1, 0.15) is 5.82 Å². The van der Waals surface area contributed by atoms with Crippen LogP contribution in [0.3, 0.4) is 0 Å². The number of carboxylic acids is 1. The van der Waals surface area contributed by atoms with E-state index in [9.17, 15) is 9.18 Å². The fourth-order valence-electron chi connectivity index (χ4n) is 2.13. The molecule has 0 aliphatic heterocycles. The van der Waals surface area contributed by atoms with E-state index in [0.29, 0.717) is 17.2 Å². The number of allylic oxidation sites excluding steroid dienone is 1. The minimum atomic E-state index is -1.27. The lowest BCUT2D eigenvalue weighted by Gasteiger charge is -2.19. The number of halogens is 1. The lowest BCUT2D eigenvalue weighted by molar-refractivity contribution is 0.0692. The van der Waals surface area contributed by atoms with Crippen LogP contribution in [0.25, 0.3) is 0 Å². The Bertz CT molecular complexity index is 592. The van der Waals surface area contributed by atoms with E-state index in [2.05, 4.69) is 11.7 Å². The molecule has 1 saturated carbocycles. The Morgan fingerprint density at radius 3 is 2.70 bits per heavy atom. The number of hydrogen-bond donors (Lipinski definition) is 1. The maximum Gasteiger partial charge on any atom is 0.338 e. The predicted molar refractivity (Wildman–Crippen MR) is 76.9 cm³/mol. The van der Waals surface area contributed by atoms with Crippen LogP contribution in [0.4, 0.5) is 10.1 Å². The molecule has 0 heterocycles. The first-order valence-corrected chi connectivity index (χ1v) is 6.38. The van der Waals surface area contributed by atoms with Crippen molar-refractivity contribution in [2.75, 3.05) is 11.9 Å². The van der Waals surface area contributed by atoms with Crippen LogP contribution in [0.5, 0.6) is 0 Å². The predicted octanol–water partition coefficient (Wildman–Crippen LogP) is 3.22. The third kappa shape index (κ3) is 2.87. The van der Waals surface area contributed by atoms with Gasteiger partial charge in [-0.2, -0.15) is 0 Å². The monoisotopic (exact) mass is 276 g/mol. The van der Waals surface area contributed by atoms with Crippen LogP contribution in [-0.4, -0.2) is 24.8 Å². The maximum atomic E-state index is 13.6. The molecule has 0 aromatic heterocycles. The fraction of sp³-hybridized carbons (Fsp3) is 0.333. The number of aliphatic imine (C=N–C) groups is 1. The van der Waals surface area contributed by atoms with E-state index in [4.69, 9.17) is 5.11 Å². The van der Waals surface area contributed by atoms with Gasteiger partial charge < -0.3 is 10.0 Å². The van der Waals surface area contributed by atoms with E-state index in [-0.39, 0.29) is 5.56 Å². The van der Waals surface area contributed by atoms with Gasteiger partial charge in [-0.05, 0) is 44.2 Å². The van der Waals surface area contributed by atoms with Crippen LogP contribution in [0, 0.1) is 18.7 Å². The second kappa shape index (κ2) is 5.45. The van der Waals surface area contributed by atoms with E-state index in [1.54, 1.807) is 18.9 Å². The van der Waals surface area contributed by atoms with Crippen molar-refractivity contribution < 1.29 is 14.3 Å². The first-order valence-electron chi connectivity index (χ1n) is 6.38. The number of rotatable bonds is 5. The molecule has 0 amide bonds. The minimum Gasteiger partial charge on any atom is -0.478 e. The summed E-state index contributed by atoms with van der Waals surface area (Å²) in [5.74, 6) is -1.56. The second-order valence-electron chi connectivity index (χ2n) is 5.02. The minimum absolute atomic E-state index is 0.328. The fourth-order valence-corrected chi connectivity index (χ4v) is 2.13. The Hall–Kier alpha value is -2.17. The van der Waals surface area contributed by atoms with E-state index < -0.39 is 11.8 Å². The summed E-state index contributed by atoms with van der Waals surface area (Å²) in [5.41, 5.74) is 1.87. The molecule has 0 bridgehead atoms. The molecule has 1 N–H and O–H groups in total. The molecular formula is C15H17FN2O2. The third-order valence-corrected chi connectivity index (χ3v) is 3.40. The molecule has 0 saturated heterocycles. The molecule has 20 heavy (non-hydrogen) atoms. The third-order valence-electron chi connectivity index (χ3n) is 3.40. The highest BCUT2D eigenvalue weighted by molar-refractivity contribution is 5.89. The summed E-state index contributed by atoms with van der Waals surface area (Å²) in [6.45, 7) is 5.29.